The number of nitrogens with one attached hydrogen (secondary N) is 1. The van der Waals surface area contributed by atoms with Crippen LogP contribution in [-0.4, -0.2) is 52.1 Å². The maximum atomic E-state index is 12.2. The highest BCUT2D eigenvalue weighted by Gasteiger charge is 2.25. The van der Waals surface area contributed by atoms with Gasteiger partial charge in [-0.1, -0.05) is 17.3 Å². The second-order valence-electron chi connectivity index (χ2n) is 5.34. The van der Waals surface area contributed by atoms with Crippen LogP contribution in [0.25, 0.3) is 10.4 Å². The number of amides is 1. The minimum atomic E-state index is -1.16. The van der Waals surface area contributed by atoms with E-state index in [2.05, 4.69) is 10.5 Å². The zero-order chi connectivity index (χ0) is 18.4. The number of aliphatic hydroxyl groups excluding tert-OH is 2. The van der Waals surface area contributed by atoms with E-state index >= 15 is 0 Å². The first-order chi connectivity index (χ1) is 12.0. The fourth-order valence-corrected chi connectivity index (χ4v) is 3.09. The second kappa shape index (κ2) is 8.52. The van der Waals surface area contributed by atoms with Crippen molar-refractivity contribution in [3.8, 4) is 10.4 Å². The average molecular weight is 362 g/mol. The van der Waals surface area contributed by atoms with Gasteiger partial charge in [-0.2, -0.15) is 0 Å². The minimum absolute atomic E-state index is 0.328. The van der Waals surface area contributed by atoms with Gasteiger partial charge in [0.25, 0.3) is 5.91 Å². The predicted molar refractivity (Wildman–Crippen MR) is 94.2 cm³/mol. The minimum Gasteiger partial charge on any atom is -0.411 e. The van der Waals surface area contributed by atoms with Crippen LogP contribution in [0, 0.1) is 0 Å². The number of carbonyl (C=O) groups is 2. The molecule has 7 nitrogen and oxygen atoms in total. The van der Waals surface area contributed by atoms with Gasteiger partial charge in [0, 0.05) is 15.3 Å². The van der Waals surface area contributed by atoms with Crippen LogP contribution in [0.2, 0.25) is 0 Å². The van der Waals surface area contributed by atoms with Crippen LogP contribution in [-0.2, 0) is 4.79 Å². The van der Waals surface area contributed by atoms with E-state index in [9.17, 15) is 14.7 Å². The highest BCUT2D eigenvalue weighted by Crippen LogP contribution is 2.27. The molecule has 25 heavy (non-hydrogen) atoms. The van der Waals surface area contributed by atoms with Gasteiger partial charge in [-0.15, -0.1) is 11.3 Å². The Morgan fingerprint density at radius 2 is 1.92 bits per heavy atom. The molecule has 0 radical (unpaired) electrons. The molecule has 1 aromatic heterocycles. The van der Waals surface area contributed by atoms with E-state index in [1.165, 1.54) is 24.5 Å². The Labute approximate surface area is 148 Å². The highest BCUT2D eigenvalue weighted by atomic mass is 32.1. The number of oxime groups is 1. The number of carbonyl (C=O) groups excluding carboxylic acids is 2. The van der Waals surface area contributed by atoms with Crippen LogP contribution >= 0.6 is 11.3 Å². The number of ketones is 1. The zero-order valence-electron chi connectivity index (χ0n) is 13.4. The van der Waals surface area contributed by atoms with Gasteiger partial charge in [-0.3, -0.25) is 9.59 Å². The molecule has 0 unspecified atom stereocenters. The second-order valence-corrected chi connectivity index (χ2v) is 6.46. The van der Waals surface area contributed by atoms with E-state index in [0.717, 1.165) is 15.3 Å². The first-order valence-corrected chi connectivity index (χ1v) is 8.28. The molecule has 1 amide bonds. The number of hydrogen-bond acceptors (Lipinski definition) is 7. The number of nitrogens with zero attached hydrogens (tertiary/aromatic N) is 1. The molecule has 2 atom stereocenters. The molecule has 0 fully saturated rings. The smallest absolute Gasteiger partial charge is 0.251 e. The van der Waals surface area contributed by atoms with Crippen LogP contribution in [0.3, 0.4) is 0 Å². The maximum absolute atomic E-state index is 12.2. The lowest BCUT2D eigenvalue weighted by Gasteiger charge is -2.19. The normalized spacial score (nSPS) is 13.6. The SMILES string of the molecule is C[C@@H](O)[C@H](NC(=O)c1ccc(-c2ccc(/C=N\O)s2)cc1)C(=O)CO. The summed E-state index contributed by atoms with van der Waals surface area (Å²) in [5.41, 5.74) is 1.21. The fraction of sp³-hybridized carbons (Fsp3) is 0.235. The number of thiophene rings is 1. The van der Waals surface area contributed by atoms with Gasteiger partial charge < -0.3 is 20.7 Å². The molecular formula is C17H18N2O5S. The summed E-state index contributed by atoms with van der Waals surface area (Å²) in [6, 6.07) is 9.25. The molecule has 2 rings (SSSR count). The Morgan fingerprint density at radius 3 is 2.48 bits per heavy atom. The van der Waals surface area contributed by atoms with Crippen molar-refractivity contribution in [3.63, 3.8) is 0 Å². The molecule has 0 bridgehead atoms. The standard InChI is InChI=1S/C17H18N2O5S/c1-10(21)16(14(22)9-20)19-17(23)12-4-2-11(3-5-12)15-7-6-13(25-15)8-18-24/h2-8,10,16,20-21,24H,9H2,1H3,(H,19,23)/b18-8-/t10-,16+/m1/s1. The van der Waals surface area contributed by atoms with E-state index < -0.39 is 30.4 Å². The molecule has 132 valence electrons. The fourth-order valence-electron chi connectivity index (χ4n) is 2.21. The molecule has 1 aromatic carbocycles. The Hall–Kier alpha value is -2.55. The summed E-state index contributed by atoms with van der Waals surface area (Å²) < 4.78 is 0. The molecule has 1 heterocycles. The number of benzene rings is 1. The first-order valence-electron chi connectivity index (χ1n) is 7.46. The van der Waals surface area contributed by atoms with Crippen LogP contribution in [0.5, 0.6) is 0 Å². The number of rotatable bonds is 7. The van der Waals surface area contributed by atoms with Crippen molar-refractivity contribution in [2.45, 2.75) is 19.1 Å². The maximum Gasteiger partial charge on any atom is 0.251 e. The van der Waals surface area contributed by atoms with E-state index in [4.69, 9.17) is 10.3 Å². The molecule has 2 aromatic rings. The molecule has 0 saturated carbocycles. The van der Waals surface area contributed by atoms with Crippen molar-refractivity contribution >= 4 is 29.2 Å². The molecule has 0 saturated heterocycles. The lowest BCUT2D eigenvalue weighted by molar-refractivity contribution is -0.125. The number of hydrogen-bond donors (Lipinski definition) is 4. The lowest BCUT2D eigenvalue weighted by Crippen LogP contribution is -2.48. The summed E-state index contributed by atoms with van der Waals surface area (Å²) in [4.78, 5) is 25.5. The summed E-state index contributed by atoms with van der Waals surface area (Å²) in [6.45, 7) is 0.609. The number of aliphatic hydroxyl groups is 2. The third-order valence-electron chi connectivity index (χ3n) is 3.52. The molecule has 0 aliphatic heterocycles. The first kappa shape index (κ1) is 18.8. The molecule has 0 aliphatic rings. The van der Waals surface area contributed by atoms with Gasteiger partial charge in [0.05, 0.1) is 12.3 Å². The van der Waals surface area contributed by atoms with Crippen molar-refractivity contribution in [1.82, 2.24) is 5.32 Å². The quantitative estimate of drug-likeness (QED) is 0.336. The van der Waals surface area contributed by atoms with Gasteiger partial charge in [-0.05, 0) is 36.8 Å². The molecule has 8 heteroatoms. The zero-order valence-corrected chi connectivity index (χ0v) is 14.2. The molecule has 4 N–H and O–H groups in total. The Kier molecular flexibility index (Phi) is 6.40. The summed E-state index contributed by atoms with van der Waals surface area (Å²) in [5, 5.41) is 32.4. The van der Waals surface area contributed by atoms with Crippen molar-refractivity contribution in [1.29, 1.82) is 0 Å². The van der Waals surface area contributed by atoms with Gasteiger partial charge in [0.15, 0.2) is 5.78 Å². The van der Waals surface area contributed by atoms with Gasteiger partial charge in [0.2, 0.25) is 0 Å². The Balaban J connectivity index is 2.12. The average Bonchev–Trinajstić information content (AvgIpc) is 3.07. The van der Waals surface area contributed by atoms with Crippen LogP contribution in [0.1, 0.15) is 22.2 Å². The summed E-state index contributed by atoms with van der Waals surface area (Å²) in [7, 11) is 0. The Bertz CT molecular complexity index is 768. The third-order valence-corrected chi connectivity index (χ3v) is 4.58. The largest absolute Gasteiger partial charge is 0.411 e. The molecular weight excluding hydrogens is 344 g/mol. The third kappa shape index (κ3) is 4.72. The monoisotopic (exact) mass is 362 g/mol. The molecule has 0 spiro atoms. The van der Waals surface area contributed by atoms with Crippen LogP contribution in [0.4, 0.5) is 0 Å². The van der Waals surface area contributed by atoms with Crippen molar-refractivity contribution in [3.05, 3.63) is 46.8 Å². The summed E-state index contributed by atoms with van der Waals surface area (Å²) in [5.74, 6) is -1.17. The lowest BCUT2D eigenvalue weighted by atomic mass is 10.1. The van der Waals surface area contributed by atoms with Gasteiger partial charge >= 0.3 is 0 Å². The van der Waals surface area contributed by atoms with Gasteiger partial charge in [-0.25, -0.2) is 0 Å². The summed E-state index contributed by atoms with van der Waals surface area (Å²) in [6.07, 6.45) is 0.227. The molecule has 0 aliphatic carbocycles. The van der Waals surface area contributed by atoms with E-state index in [-0.39, 0.29) is 0 Å². The van der Waals surface area contributed by atoms with Crippen molar-refractivity contribution in [2.24, 2.45) is 5.16 Å². The van der Waals surface area contributed by atoms with E-state index in [1.807, 2.05) is 12.1 Å². The number of Topliss-reactive ketones (excluding diaryl/α,β-unsaturated/α-hetero) is 1. The van der Waals surface area contributed by atoms with Crippen LogP contribution in [0.15, 0.2) is 41.6 Å². The van der Waals surface area contributed by atoms with Gasteiger partial charge in [0.1, 0.15) is 12.6 Å². The topological polar surface area (TPSA) is 119 Å². The van der Waals surface area contributed by atoms with Crippen molar-refractivity contribution < 1.29 is 25.0 Å². The van der Waals surface area contributed by atoms with Crippen molar-refractivity contribution in [2.75, 3.05) is 6.61 Å². The highest BCUT2D eigenvalue weighted by molar-refractivity contribution is 7.17. The summed E-state index contributed by atoms with van der Waals surface area (Å²) >= 11 is 1.43. The van der Waals surface area contributed by atoms with Crippen LogP contribution < -0.4 is 5.32 Å². The van der Waals surface area contributed by atoms with E-state index in [0.29, 0.717) is 5.56 Å². The van der Waals surface area contributed by atoms with E-state index in [1.54, 1.807) is 24.3 Å². The Morgan fingerprint density at radius 1 is 1.24 bits per heavy atom. The predicted octanol–water partition coefficient (Wildman–Crippen LogP) is 1.26.